The highest BCUT2D eigenvalue weighted by Gasteiger charge is 2.48. The molecule has 1 aliphatic heterocycles. The number of carboxylic acid groups (broad SMARTS) is 1. The number of anilines is 1. The highest BCUT2D eigenvalue weighted by molar-refractivity contribution is 5.95. The highest BCUT2D eigenvalue weighted by atomic mass is 16.4. The van der Waals surface area contributed by atoms with Crippen molar-refractivity contribution in [3.8, 4) is 0 Å². The number of amides is 1. The standard InChI is InChI=1S/C34H38N2O4/c1-4-6-17-36(28-9-7-8-23(3)19-28)31(37)22-35-21-29(26-14-15-30-27(20-26)16-18-40-30)32(34(38)39)33(35)25-12-10-24(5-2)11-13-25/h7-16,18-20,29,32-33H,4-6,17,21-22H2,1-3H3,(H,38,39)/t29-,32+,33-/m1/s1. The molecular formula is C34H38N2O4. The lowest BCUT2D eigenvalue weighted by Gasteiger charge is -2.30. The molecule has 0 aliphatic carbocycles. The van der Waals surface area contributed by atoms with E-state index in [1.807, 2.05) is 72.5 Å². The summed E-state index contributed by atoms with van der Waals surface area (Å²) in [5.41, 5.74) is 5.84. The Labute approximate surface area is 236 Å². The Bertz CT molecular complexity index is 1470. The molecule has 40 heavy (non-hydrogen) atoms. The molecule has 4 aromatic rings. The molecule has 6 nitrogen and oxygen atoms in total. The summed E-state index contributed by atoms with van der Waals surface area (Å²) in [6.45, 7) is 7.50. The zero-order chi connectivity index (χ0) is 28.2. The van der Waals surface area contributed by atoms with Crippen molar-refractivity contribution in [2.24, 2.45) is 5.92 Å². The van der Waals surface area contributed by atoms with Crippen molar-refractivity contribution in [2.75, 3.05) is 24.5 Å². The van der Waals surface area contributed by atoms with Crippen LogP contribution in [0.25, 0.3) is 11.0 Å². The molecule has 0 saturated carbocycles. The molecule has 2 heterocycles. The summed E-state index contributed by atoms with van der Waals surface area (Å²) in [5.74, 6) is -1.83. The van der Waals surface area contributed by atoms with E-state index in [0.29, 0.717) is 13.1 Å². The van der Waals surface area contributed by atoms with Gasteiger partial charge in [-0.2, -0.15) is 0 Å². The average molecular weight is 539 g/mol. The Hall–Kier alpha value is -3.90. The van der Waals surface area contributed by atoms with Crippen molar-refractivity contribution in [2.45, 2.75) is 52.0 Å². The number of carbonyl (C=O) groups excluding carboxylic acids is 1. The number of aryl methyl sites for hydroxylation is 2. The molecule has 5 rings (SSSR count). The van der Waals surface area contributed by atoms with Crippen molar-refractivity contribution >= 4 is 28.5 Å². The molecule has 0 spiro atoms. The van der Waals surface area contributed by atoms with E-state index in [1.54, 1.807) is 6.26 Å². The van der Waals surface area contributed by atoms with Crippen molar-refractivity contribution in [3.63, 3.8) is 0 Å². The molecule has 0 radical (unpaired) electrons. The topological polar surface area (TPSA) is 74.0 Å². The van der Waals surface area contributed by atoms with Crippen LogP contribution in [0.15, 0.2) is 83.5 Å². The van der Waals surface area contributed by atoms with E-state index in [4.69, 9.17) is 4.42 Å². The van der Waals surface area contributed by atoms with E-state index in [2.05, 4.69) is 30.9 Å². The van der Waals surface area contributed by atoms with Crippen molar-refractivity contribution in [1.82, 2.24) is 4.90 Å². The Kier molecular flexibility index (Phi) is 8.36. The molecule has 6 heteroatoms. The average Bonchev–Trinajstić information content (AvgIpc) is 3.58. The fourth-order valence-electron chi connectivity index (χ4n) is 6.06. The maximum absolute atomic E-state index is 14.0. The minimum absolute atomic E-state index is 0.00990. The number of hydrogen-bond acceptors (Lipinski definition) is 4. The van der Waals surface area contributed by atoms with Crippen LogP contribution < -0.4 is 4.90 Å². The summed E-state index contributed by atoms with van der Waals surface area (Å²) >= 11 is 0. The van der Waals surface area contributed by atoms with Gasteiger partial charge in [0, 0.05) is 36.1 Å². The third kappa shape index (κ3) is 5.68. The minimum Gasteiger partial charge on any atom is -0.481 e. The monoisotopic (exact) mass is 538 g/mol. The van der Waals surface area contributed by atoms with Gasteiger partial charge < -0.3 is 14.4 Å². The number of nitrogens with zero attached hydrogens (tertiary/aromatic N) is 2. The molecule has 0 unspecified atom stereocenters. The van der Waals surface area contributed by atoms with Gasteiger partial charge in [-0.25, -0.2) is 0 Å². The third-order valence-electron chi connectivity index (χ3n) is 8.21. The van der Waals surface area contributed by atoms with Gasteiger partial charge in [-0.3, -0.25) is 14.5 Å². The van der Waals surface area contributed by atoms with E-state index in [9.17, 15) is 14.7 Å². The number of benzene rings is 3. The molecular weight excluding hydrogens is 500 g/mol. The molecule has 1 aliphatic rings. The largest absolute Gasteiger partial charge is 0.481 e. The molecule has 1 saturated heterocycles. The number of hydrogen-bond donors (Lipinski definition) is 1. The first kappa shape index (κ1) is 27.7. The van der Waals surface area contributed by atoms with Crippen LogP contribution in [0.4, 0.5) is 5.69 Å². The first-order chi connectivity index (χ1) is 19.4. The third-order valence-corrected chi connectivity index (χ3v) is 8.21. The predicted molar refractivity (Wildman–Crippen MR) is 159 cm³/mol. The molecule has 1 aromatic heterocycles. The summed E-state index contributed by atoms with van der Waals surface area (Å²) in [7, 11) is 0. The molecule has 3 atom stereocenters. The molecule has 0 bridgehead atoms. The number of likely N-dealkylation sites (tertiary alicyclic amines) is 1. The Morgan fingerprint density at radius 3 is 2.48 bits per heavy atom. The Balaban J connectivity index is 1.52. The van der Waals surface area contributed by atoms with Gasteiger partial charge in [-0.15, -0.1) is 0 Å². The Morgan fingerprint density at radius 2 is 1.77 bits per heavy atom. The van der Waals surface area contributed by atoms with Crippen LogP contribution >= 0.6 is 0 Å². The van der Waals surface area contributed by atoms with Gasteiger partial charge in [-0.1, -0.05) is 62.7 Å². The zero-order valence-corrected chi connectivity index (χ0v) is 23.5. The predicted octanol–water partition coefficient (Wildman–Crippen LogP) is 6.98. The maximum atomic E-state index is 14.0. The lowest BCUT2D eigenvalue weighted by molar-refractivity contribution is -0.143. The van der Waals surface area contributed by atoms with E-state index < -0.39 is 17.9 Å². The second-order valence-corrected chi connectivity index (χ2v) is 10.9. The van der Waals surface area contributed by atoms with Crippen molar-refractivity contribution in [3.05, 3.63) is 101 Å². The summed E-state index contributed by atoms with van der Waals surface area (Å²) in [6.07, 6.45) is 4.43. The molecule has 1 amide bonds. The fourth-order valence-corrected chi connectivity index (χ4v) is 6.06. The van der Waals surface area contributed by atoms with Gasteiger partial charge in [0.25, 0.3) is 0 Å². The van der Waals surface area contributed by atoms with Crippen LogP contribution in [0.2, 0.25) is 0 Å². The van der Waals surface area contributed by atoms with E-state index >= 15 is 0 Å². The number of furan rings is 1. The Morgan fingerprint density at radius 1 is 1.00 bits per heavy atom. The summed E-state index contributed by atoms with van der Waals surface area (Å²) in [5, 5.41) is 11.5. The second kappa shape index (κ2) is 12.1. The minimum atomic E-state index is -0.849. The van der Waals surface area contributed by atoms with Gasteiger partial charge in [0.15, 0.2) is 0 Å². The molecule has 3 aromatic carbocycles. The molecule has 1 fully saturated rings. The van der Waals surface area contributed by atoms with Crippen molar-refractivity contribution < 1.29 is 19.1 Å². The second-order valence-electron chi connectivity index (χ2n) is 10.9. The van der Waals surface area contributed by atoms with Gasteiger partial charge in [0.2, 0.25) is 5.91 Å². The van der Waals surface area contributed by atoms with Crippen molar-refractivity contribution in [1.29, 1.82) is 0 Å². The van der Waals surface area contributed by atoms with Crippen LogP contribution in [0, 0.1) is 12.8 Å². The van der Waals surface area contributed by atoms with E-state index in [0.717, 1.165) is 52.6 Å². The molecule has 208 valence electrons. The number of rotatable bonds is 10. The molecule has 1 N–H and O–H groups in total. The lowest BCUT2D eigenvalue weighted by Crippen LogP contribution is -2.41. The maximum Gasteiger partial charge on any atom is 0.309 e. The first-order valence-corrected chi connectivity index (χ1v) is 14.3. The van der Waals surface area contributed by atoms with Gasteiger partial charge in [-0.05, 0) is 72.4 Å². The number of unbranched alkanes of at least 4 members (excludes halogenated alkanes) is 1. The lowest BCUT2D eigenvalue weighted by atomic mass is 9.82. The summed E-state index contributed by atoms with van der Waals surface area (Å²) in [6, 6.07) is 23.6. The summed E-state index contributed by atoms with van der Waals surface area (Å²) in [4.78, 5) is 30.9. The van der Waals surface area contributed by atoms with Gasteiger partial charge in [0.1, 0.15) is 5.58 Å². The zero-order valence-electron chi connectivity index (χ0n) is 23.5. The SMILES string of the molecule is CCCCN(C(=O)CN1C[C@H](c2ccc3occc3c2)[C@H](C(=O)O)[C@H]1c1ccc(CC)cc1)c1cccc(C)c1. The fraction of sp³-hybridized carbons (Fsp3) is 0.353. The quantitative estimate of drug-likeness (QED) is 0.236. The van der Waals surface area contributed by atoms with Crippen LogP contribution in [-0.4, -0.2) is 41.5 Å². The van der Waals surface area contributed by atoms with Crippen LogP contribution in [0.5, 0.6) is 0 Å². The van der Waals surface area contributed by atoms with E-state index in [-0.39, 0.29) is 18.4 Å². The smallest absolute Gasteiger partial charge is 0.309 e. The van der Waals surface area contributed by atoms with Gasteiger partial charge >= 0.3 is 5.97 Å². The number of aliphatic carboxylic acids is 1. The van der Waals surface area contributed by atoms with E-state index in [1.165, 1.54) is 5.56 Å². The normalized spacial score (nSPS) is 19.2. The number of carbonyl (C=O) groups is 2. The van der Waals surface area contributed by atoms with Crippen LogP contribution in [0.3, 0.4) is 0 Å². The number of fused-ring (bicyclic) bond motifs is 1. The van der Waals surface area contributed by atoms with Gasteiger partial charge in [0.05, 0.1) is 18.7 Å². The van der Waals surface area contributed by atoms with Crippen LogP contribution in [0.1, 0.15) is 60.9 Å². The number of carboxylic acids is 1. The highest BCUT2D eigenvalue weighted by Crippen LogP contribution is 2.46. The first-order valence-electron chi connectivity index (χ1n) is 14.3. The summed E-state index contributed by atoms with van der Waals surface area (Å²) < 4.78 is 5.53. The van der Waals surface area contributed by atoms with Crippen LogP contribution in [-0.2, 0) is 16.0 Å².